The number of nitrogens with one attached hydrogen (secondary N) is 2. The minimum atomic E-state index is -0.623. The average Bonchev–Trinajstić information content (AvgIpc) is 2.45. The minimum Gasteiger partial charge on any atom is -0.326 e. The molecule has 0 aliphatic carbocycles. The zero-order valence-electron chi connectivity index (χ0n) is 11.2. The molecule has 2 aromatic rings. The van der Waals surface area contributed by atoms with Crippen molar-refractivity contribution >= 4 is 46.4 Å². The van der Waals surface area contributed by atoms with Crippen LogP contribution in [0.5, 0.6) is 0 Å². The number of rotatable bonds is 4. The summed E-state index contributed by atoms with van der Waals surface area (Å²) in [4.78, 5) is 23.5. The van der Waals surface area contributed by atoms with Gasteiger partial charge in [0.1, 0.15) is 12.2 Å². The van der Waals surface area contributed by atoms with Crippen molar-refractivity contribution in [3.63, 3.8) is 0 Å². The number of hydrogen-bond acceptors (Lipinski definition) is 2. The molecule has 0 aliphatic rings. The second-order valence-corrected chi connectivity index (χ2v) is 5.20. The second kappa shape index (κ2) is 7.24. The molecule has 22 heavy (non-hydrogen) atoms. The Balaban J connectivity index is 1.92. The lowest BCUT2D eigenvalue weighted by Gasteiger charge is -2.08. The zero-order chi connectivity index (χ0) is 16.1. The molecule has 4 nitrogen and oxygen atoms in total. The van der Waals surface area contributed by atoms with Gasteiger partial charge in [-0.3, -0.25) is 9.59 Å². The van der Waals surface area contributed by atoms with Crippen LogP contribution in [0.25, 0.3) is 0 Å². The summed E-state index contributed by atoms with van der Waals surface area (Å²) in [6, 6.07) is 10.3. The van der Waals surface area contributed by atoms with Gasteiger partial charge >= 0.3 is 0 Å². The molecule has 2 rings (SSSR count). The highest BCUT2D eigenvalue weighted by atomic mass is 35.5. The molecule has 0 bridgehead atoms. The van der Waals surface area contributed by atoms with Gasteiger partial charge in [-0.2, -0.15) is 0 Å². The molecule has 7 heteroatoms. The molecule has 2 N–H and O–H groups in total. The monoisotopic (exact) mass is 340 g/mol. The first-order chi connectivity index (χ1) is 10.5. The van der Waals surface area contributed by atoms with Crippen molar-refractivity contribution in [1.82, 2.24) is 0 Å². The van der Waals surface area contributed by atoms with E-state index in [9.17, 15) is 14.0 Å². The number of hydrogen-bond donors (Lipinski definition) is 2. The summed E-state index contributed by atoms with van der Waals surface area (Å²) in [6.07, 6.45) is -0.450. The van der Waals surface area contributed by atoms with Crippen molar-refractivity contribution in [3.05, 3.63) is 58.3 Å². The van der Waals surface area contributed by atoms with Crippen molar-refractivity contribution in [2.75, 3.05) is 10.6 Å². The predicted molar refractivity (Wildman–Crippen MR) is 84.7 cm³/mol. The standard InChI is InChI=1S/C15H11Cl2FN2O2/c16-10-6-5-9(7-11(10)17)19-14(21)8-15(22)20-13-4-2-1-3-12(13)18/h1-7H,8H2,(H,19,21)(H,20,22). The zero-order valence-corrected chi connectivity index (χ0v) is 12.7. The average molecular weight is 341 g/mol. The Hall–Kier alpha value is -2.11. The number of carbonyl (C=O) groups excluding carboxylic acids is 2. The molecule has 0 aliphatic heterocycles. The van der Waals surface area contributed by atoms with Gasteiger partial charge in [0.25, 0.3) is 0 Å². The lowest BCUT2D eigenvalue weighted by Crippen LogP contribution is -2.21. The van der Waals surface area contributed by atoms with Gasteiger partial charge < -0.3 is 10.6 Å². The van der Waals surface area contributed by atoms with Crippen molar-refractivity contribution in [3.8, 4) is 0 Å². The lowest BCUT2D eigenvalue weighted by molar-refractivity contribution is -0.123. The fraction of sp³-hybridized carbons (Fsp3) is 0.0667. The summed E-state index contributed by atoms with van der Waals surface area (Å²) in [5, 5.41) is 5.48. The van der Waals surface area contributed by atoms with Gasteiger partial charge in [-0.1, -0.05) is 35.3 Å². The molecule has 2 aromatic carbocycles. The second-order valence-electron chi connectivity index (χ2n) is 4.38. The molecule has 0 unspecified atom stereocenters. The van der Waals surface area contributed by atoms with E-state index in [4.69, 9.17) is 23.2 Å². The Labute approximate surface area is 136 Å². The van der Waals surface area contributed by atoms with Crippen LogP contribution in [-0.2, 0) is 9.59 Å². The minimum absolute atomic E-state index is 0.0230. The van der Waals surface area contributed by atoms with Gasteiger partial charge in [0, 0.05) is 5.69 Å². The number of anilines is 2. The first-order valence-corrected chi connectivity index (χ1v) is 7.00. The summed E-state index contributed by atoms with van der Waals surface area (Å²) < 4.78 is 13.4. The topological polar surface area (TPSA) is 58.2 Å². The van der Waals surface area contributed by atoms with E-state index >= 15 is 0 Å². The van der Waals surface area contributed by atoms with Crippen LogP contribution in [0.3, 0.4) is 0 Å². The number of amides is 2. The molecule has 0 saturated heterocycles. The van der Waals surface area contributed by atoms with Crippen LogP contribution in [0.1, 0.15) is 6.42 Å². The maximum Gasteiger partial charge on any atom is 0.233 e. The smallest absolute Gasteiger partial charge is 0.233 e. The number of para-hydroxylation sites is 1. The Kier molecular flexibility index (Phi) is 5.35. The molecular weight excluding hydrogens is 330 g/mol. The lowest BCUT2D eigenvalue weighted by atomic mass is 10.2. The highest BCUT2D eigenvalue weighted by molar-refractivity contribution is 6.42. The normalized spacial score (nSPS) is 10.1. The van der Waals surface area contributed by atoms with E-state index in [0.29, 0.717) is 10.7 Å². The Morgan fingerprint density at radius 1 is 0.955 bits per heavy atom. The largest absolute Gasteiger partial charge is 0.326 e. The summed E-state index contributed by atoms with van der Waals surface area (Å²) in [6.45, 7) is 0. The molecule has 0 atom stereocenters. The number of benzene rings is 2. The Morgan fingerprint density at radius 3 is 2.32 bits per heavy atom. The van der Waals surface area contributed by atoms with Crippen LogP contribution in [-0.4, -0.2) is 11.8 Å². The highest BCUT2D eigenvalue weighted by Crippen LogP contribution is 2.25. The third-order valence-electron chi connectivity index (χ3n) is 2.67. The van der Waals surface area contributed by atoms with E-state index in [0.717, 1.165) is 0 Å². The van der Waals surface area contributed by atoms with Crippen molar-refractivity contribution < 1.29 is 14.0 Å². The van der Waals surface area contributed by atoms with Gasteiger partial charge in [0.05, 0.1) is 15.7 Å². The van der Waals surface area contributed by atoms with E-state index < -0.39 is 24.1 Å². The van der Waals surface area contributed by atoms with E-state index in [2.05, 4.69) is 10.6 Å². The third-order valence-corrected chi connectivity index (χ3v) is 3.41. The van der Waals surface area contributed by atoms with Gasteiger partial charge in [0.2, 0.25) is 11.8 Å². The Bertz CT molecular complexity index is 722. The summed E-state index contributed by atoms with van der Waals surface area (Å²) in [5.74, 6) is -1.74. The first kappa shape index (κ1) is 16.3. The van der Waals surface area contributed by atoms with Crippen LogP contribution >= 0.6 is 23.2 Å². The SMILES string of the molecule is O=C(CC(=O)Nc1ccccc1F)Nc1ccc(Cl)c(Cl)c1. The van der Waals surface area contributed by atoms with Crippen LogP contribution in [0.4, 0.5) is 15.8 Å². The fourth-order valence-electron chi connectivity index (χ4n) is 1.68. The van der Waals surface area contributed by atoms with Gasteiger partial charge in [0.15, 0.2) is 0 Å². The molecule has 2 amide bonds. The van der Waals surface area contributed by atoms with Crippen LogP contribution < -0.4 is 10.6 Å². The third kappa shape index (κ3) is 4.44. The molecule has 0 saturated carbocycles. The Morgan fingerprint density at radius 2 is 1.64 bits per heavy atom. The van der Waals surface area contributed by atoms with Crippen molar-refractivity contribution in [1.29, 1.82) is 0 Å². The molecule has 0 fully saturated rings. The molecule has 0 heterocycles. The quantitative estimate of drug-likeness (QED) is 0.823. The van der Waals surface area contributed by atoms with Crippen LogP contribution in [0.2, 0.25) is 10.0 Å². The molecule has 0 spiro atoms. The summed E-state index contributed by atoms with van der Waals surface area (Å²) in [5.41, 5.74) is 0.438. The van der Waals surface area contributed by atoms with Crippen molar-refractivity contribution in [2.45, 2.75) is 6.42 Å². The maximum atomic E-state index is 13.4. The van der Waals surface area contributed by atoms with Gasteiger partial charge in [-0.25, -0.2) is 4.39 Å². The number of carbonyl (C=O) groups is 2. The predicted octanol–water partition coefficient (Wildman–Crippen LogP) is 4.10. The van der Waals surface area contributed by atoms with Crippen LogP contribution in [0, 0.1) is 5.82 Å². The van der Waals surface area contributed by atoms with E-state index in [1.807, 2.05) is 0 Å². The molecule has 114 valence electrons. The molecule has 0 radical (unpaired) electrons. The van der Waals surface area contributed by atoms with Gasteiger partial charge in [-0.15, -0.1) is 0 Å². The molecular formula is C15H11Cl2FN2O2. The van der Waals surface area contributed by atoms with E-state index in [1.165, 1.54) is 30.3 Å². The highest BCUT2D eigenvalue weighted by Gasteiger charge is 2.12. The van der Waals surface area contributed by atoms with E-state index in [-0.39, 0.29) is 10.7 Å². The van der Waals surface area contributed by atoms with E-state index in [1.54, 1.807) is 12.1 Å². The maximum absolute atomic E-state index is 13.4. The summed E-state index contributed by atoms with van der Waals surface area (Å²) in [7, 11) is 0. The first-order valence-electron chi connectivity index (χ1n) is 6.25. The van der Waals surface area contributed by atoms with Crippen LogP contribution in [0.15, 0.2) is 42.5 Å². The molecule has 0 aromatic heterocycles. The fourth-order valence-corrected chi connectivity index (χ4v) is 1.98. The number of halogens is 3. The summed E-state index contributed by atoms with van der Waals surface area (Å²) >= 11 is 11.6. The van der Waals surface area contributed by atoms with Gasteiger partial charge in [-0.05, 0) is 30.3 Å². The van der Waals surface area contributed by atoms with Crippen molar-refractivity contribution in [2.24, 2.45) is 0 Å².